The highest BCUT2D eigenvalue weighted by Gasteiger charge is 2.08. The van der Waals surface area contributed by atoms with Crippen molar-refractivity contribution in [2.45, 2.75) is 0 Å². The molecule has 0 amide bonds. The molecule has 0 unspecified atom stereocenters. The number of thiophene rings is 1. The van der Waals surface area contributed by atoms with Crippen molar-refractivity contribution in [2.24, 2.45) is 5.73 Å². The van der Waals surface area contributed by atoms with Crippen molar-refractivity contribution in [3.63, 3.8) is 0 Å². The van der Waals surface area contributed by atoms with Crippen LogP contribution in [-0.2, 0) is 0 Å². The van der Waals surface area contributed by atoms with E-state index in [0.29, 0.717) is 0 Å². The zero-order chi connectivity index (χ0) is 10.3. The molecule has 3 N–H and O–H groups in total. The van der Waals surface area contributed by atoms with Crippen molar-refractivity contribution >= 4 is 73.9 Å². The highest BCUT2D eigenvalue weighted by atomic mass is 127. The zero-order valence-corrected chi connectivity index (χ0v) is 11.9. The molecule has 0 radical (unpaired) electrons. The number of rotatable bonds is 1. The molecule has 0 saturated carbocycles. The fourth-order valence-corrected chi connectivity index (χ4v) is 2.86. The molecule has 2 nitrogen and oxygen atoms in total. The van der Waals surface area contributed by atoms with Crippen LogP contribution in [0.3, 0.4) is 0 Å². The topological polar surface area (TPSA) is 49.9 Å². The summed E-state index contributed by atoms with van der Waals surface area (Å²) in [5.74, 6) is 0.0947. The molecule has 0 bridgehead atoms. The van der Waals surface area contributed by atoms with Crippen LogP contribution in [0.1, 0.15) is 4.88 Å². The van der Waals surface area contributed by atoms with E-state index in [1.54, 1.807) is 0 Å². The standard InChI is InChI=1S/C9H6ClIN2S.ClH/c10-8-4-3-7(9(12)13)14-6(4)2-1-5(8)11;/h1-3H,(H3,12,13);1H. The van der Waals surface area contributed by atoms with Gasteiger partial charge in [-0.05, 0) is 40.8 Å². The Hall–Kier alpha value is -0.0400. The van der Waals surface area contributed by atoms with E-state index >= 15 is 0 Å². The summed E-state index contributed by atoms with van der Waals surface area (Å²) >= 11 is 9.81. The van der Waals surface area contributed by atoms with Crippen LogP contribution in [0.4, 0.5) is 0 Å². The summed E-state index contributed by atoms with van der Waals surface area (Å²) in [4.78, 5) is 0.768. The number of nitrogens with one attached hydrogen (secondary N) is 1. The lowest BCUT2D eigenvalue weighted by Crippen LogP contribution is -2.08. The third-order valence-corrected chi connectivity index (χ3v) is 4.61. The summed E-state index contributed by atoms with van der Waals surface area (Å²) in [5, 5.41) is 9.06. The highest BCUT2D eigenvalue weighted by molar-refractivity contribution is 14.1. The van der Waals surface area contributed by atoms with Crippen LogP contribution in [0.5, 0.6) is 0 Å². The summed E-state index contributed by atoms with van der Waals surface area (Å²) in [6, 6.07) is 5.83. The van der Waals surface area contributed by atoms with Crippen LogP contribution >= 0.6 is 57.9 Å². The second-order valence-corrected chi connectivity index (χ2v) is 5.42. The first kappa shape index (κ1) is 13.0. The molecular weight excluding hydrogens is 366 g/mol. The van der Waals surface area contributed by atoms with Gasteiger partial charge in [0.2, 0.25) is 0 Å². The first-order valence-electron chi connectivity index (χ1n) is 3.81. The minimum Gasteiger partial charge on any atom is -0.383 e. The van der Waals surface area contributed by atoms with E-state index in [2.05, 4.69) is 22.6 Å². The van der Waals surface area contributed by atoms with Crippen LogP contribution in [0, 0.1) is 8.98 Å². The zero-order valence-electron chi connectivity index (χ0n) is 7.38. The van der Waals surface area contributed by atoms with Gasteiger partial charge in [0.15, 0.2) is 0 Å². The first-order valence-corrected chi connectivity index (χ1v) is 6.09. The van der Waals surface area contributed by atoms with E-state index in [0.717, 1.165) is 23.6 Å². The van der Waals surface area contributed by atoms with Gasteiger partial charge in [-0.3, -0.25) is 5.41 Å². The third-order valence-electron chi connectivity index (χ3n) is 1.85. The van der Waals surface area contributed by atoms with Crippen molar-refractivity contribution in [1.29, 1.82) is 5.41 Å². The number of nitrogen functional groups attached to an aromatic ring is 1. The Morgan fingerprint density at radius 1 is 1.47 bits per heavy atom. The van der Waals surface area contributed by atoms with Gasteiger partial charge in [0, 0.05) is 13.7 Å². The van der Waals surface area contributed by atoms with Gasteiger partial charge in [-0.2, -0.15) is 0 Å². The number of halogens is 3. The number of amidine groups is 1. The highest BCUT2D eigenvalue weighted by Crippen LogP contribution is 2.33. The van der Waals surface area contributed by atoms with Crippen molar-refractivity contribution in [2.75, 3.05) is 0 Å². The molecule has 0 aliphatic heterocycles. The second-order valence-electron chi connectivity index (χ2n) is 2.80. The van der Waals surface area contributed by atoms with Crippen LogP contribution in [0.25, 0.3) is 10.1 Å². The van der Waals surface area contributed by atoms with Crippen LogP contribution < -0.4 is 5.73 Å². The number of hydrogen-bond donors (Lipinski definition) is 2. The molecule has 0 aliphatic carbocycles. The third kappa shape index (κ3) is 2.38. The molecular formula is C9H7Cl2IN2S. The molecule has 80 valence electrons. The average Bonchev–Trinajstić information content (AvgIpc) is 2.56. The van der Waals surface area contributed by atoms with Gasteiger partial charge < -0.3 is 5.73 Å². The molecule has 1 aromatic heterocycles. The lowest BCUT2D eigenvalue weighted by molar-refractivity contribution is 1.46. The Kier molecular flexibility index (Phi) is 4.22. The summed E-state index contributed by atoms with van der Waals surface area (Å²) in [6.45, 7) is 0. The summed E-state index contributed by atoms with van der Waals surface area (Å²) in [5.41, 5.74) is 5.41. The summed E-state index contributed by atoms with van der Waals surface area (Å²) < 4.78 is 2.09. The molecule has 6 heteroatoms. The van der Waals surface area contributed by atoms with Gasteiger partial charge in [-0.1, -0.05) is 11.6 Å². The predicted octanol–water partition coefficient (Wildman–Crippen LogP) is 3.87. The van der Waals surface area contributed by atoms with Crippen LogP contribution in [-0.4, -0.2) is 5.84 Å². The lowest BCUT2D eigenvalue weighted by Gasteiger charge is -1.95. The van der Waals surface area contributed by atoms with E-state index in [-0.39, 0.29) is 18.2 Å². The minimum atomic E-state index is 0. The Labute approximate surface area is 116 Å². The van der Waals surface area contributed by atoms with Crippen molar-refractivity contribution < 1.29 is 0 Å². The molecule has 15 heavy (non-hydrogen) atoms. The largest absolute Gasteiger partial charge is 0.383 e. The molecule has 1 aromatic carbocycles. The number of benzene rings is 1. The minimum absolute atomic E-state index is 0. The summed E-state index contributed by atoms with van der Waals surface area (Å²) in [7, 11) is 0. The smallest absolute Gasteiger partial charge is 0.133 e. The molecule has 0 saturated heterocycles. The van der Waals surface area contributed by atoms with Crippen LogP contribution in [0.15, 0.2) is 18.2 Å². The van der Waals surface area contributed by atoms with Crippen LogP contribution in [0.2, 0.25) is 5.02 Å². The molecule has 1 heterocycles. The van der Waals surface area contributed by atoms with E-state index in [9.17, 15) is 0 Å². The van der Waals surface area contributed by atoms with Crippen molar-refractivity contribution in [3.8, 4) is 0 Å². The first-order chi connectivity index (χ1) is 6.59. The van der Waals surface area contributed by atoms with E-state index in [1.807, 2.05) is 18.2 Å². The predicted molar refractivity (Wildman–Crippen MR) is 77.8 cm³/mol. The lowest BCUT2D eigenvalue weighted by atomic mass is 10.2. The van der Waals surface area contributed by atoms with Gasteiger partial charge in [-0.25, -0.2) is 0 Å². The quantitative estimate of drug-likeness (QED) is 0.445. The Morgan fingerprint density at radius 2 is 2.13 bits per heavy atom. The average molecular weight is 373 g/mol. The van der Waals surface area contributed by atoms with Gasteiger partial charge in [0.1, 0.15) is 5.84 Å². The molecule has 2 rings (SSSR count). The maximum absolute atomic E-state index is 7.34. The SMILES string of the molecule is Cl.N=C(N)c1cc2c(Cl)c(I)ccc2s1. The van der Waals surface area contributed by atoms with E-state index in [4.69, 9.17) is 22.7 Å². The Morgan fingerprint density at radius 3 is 2.73 bits per heavy atom. The molecule has 0 aliphatic rings. The number of fused-ring (bicyclic) bond motifs is 1. The maximum atomic E-state index is 7.34. The normalized spacial score (nSPS) is 10.0. The van der Waals surface area contributed by atoms with Gasteiger partial charge in [0.05, 0.1) is 9.90 Å². The maximum Gasteiger partial charge on any atom is 0.133 e. The van der Waals surface area contributed by atoms with Gasteiger partial charge in [-0.15, -0.1) is 23.7 Å². The monoisotopic (exact) mass is 372 g/mol. The van der Waals surface area contributed by atoms with Crippen molar-refractivity contribution in [1.82, 2.24) is 0 Å². The fraction of sp³-hybridized carbons (Fsp3) is 0. The van der Waals surface area contributed by atoms with Gasteiger partial charge >= 0.3 is 0 Å². The van der Waals surface area contributed by atoms with E-state index in [1.165, 1.54) is 11.3 Å². The fourth-order valence-electron chi connectivity index (χ4n) is 1.18. The van der Waals surface area contributed by atoms with Crippen molar-refractivity contribution in [3.05, 3.63) is 31.7 Å². The number of nitrogens with two attached hydrogens (primary N) is 1. The van der Waals surface area contributed by atoms with E-state index < -0.39 is 0 Å². The molecule has 0 spiro atoms. The Bertz CT molecular complexity index is 524. The number of hydrogen-bond acceptors (Lipinski definition) is 2. The van der Waals surface area contributed by atoms with Gasteiger partial charge in [0.25, 0.3) is 0 Å². The molecule has 2 aromatic rings. The molecule has 0 fully saturated rings. The second kappa shape index (κ2) is 4.86. The summed E-state index contributed by atoms with van der Waals surface area (Å²) in [6.07, 6.45) is 0. The molecule has 0 atom stereocenters. The Balaban J connectivity index is 0.00000112.